The van der Waals surface area contributed by atoms with Crippen LogP contribution in [0.4, 0.5) is 0 Å². The van der Waals surface area contributed by atoms with Gasteiger partial charge in [-0.05, 0) is 44.4 Å². The van der Waals surface area contributed by atoms with Gasteiger partial charge in [0.15, 0.2) is 0 Å². The highest BCUT2D eigenvalue weighted by Crippen LogP contribution is 2.21. The zero-order valence-corrected chi connectivity index (χ0v) is 15.8. The molecule has 0 radical (unpaired) electrons. The molecule has 1 fully saturated rings. The maximum atomic E-state index is 5.63. The Bertz CT molecular complexity index is 868. The van der Waals surface area contributed by atoms with Gasteiger partial charge in [0.2, 0.25) is 0 Å². The summed E-state index contributed by atoms with van der Waals surface area (Å²) in [6.07, 6.45) is 6.58. The number of nitrogens with two attached hydrogens (primary N) is 1. The fraction of sp³-hybridized carbons (Fsp3) is 0.450. The minimum absolute atomic E-state index is 0.446. The van der Waals surface area contributed by atoms with Crippen LogP contribution in [0, 0.1) is 12.8 Å². The number of hydrogen-bond donors (Lipinski definition) is 1. The molecule has 0 aliphatic carbocycles. The molecule has 0 bridgehead atoms. The second kappa shape index (κ2) is 8.02. The zero-order chi connectivity index (χ0) is 18.6. The lowest BCUT2D eigenvalue weighted by Crippen LogP contribution is -2.36. The van der Waals surface area contributed by atoms with Gasteiger partial charge in [-0.25, -0.2) is 4.68 Å². The first-order valence-corrected chi connectivity index (χ1v) is 9.63. The summed E-state index contributed by atoms with van der Waals surface area (Å²) in [7, 11) is 0. The van der Waals surface area contributed by atoms with Crippen molar-refractivity contribution < 1.29 is 0 Å². The van der Waals surface area contributed by atoms with E-state index in [0.29, 0.717) is 12.5 Å². The van der Waals surface area contributed by atoms with Gasteiger partial charge in [0, 0.05) is 44.1 Å². The summed E-state index contributed by atoms with van der Waals surface area (Å²) >= 11 is 0. The molecule has 27 heavy (non-hydrogen) atoms. The van der Waals surface area contributed by atoms with Crippen LogP contribution in [-0.4, -0.2) is 42.8 Å². The smallest absolute Gasteiger partial charge is 0.0962 e. The molecule has 142 valence electrons. The summed E-state index contributed by atoms with van der Waals surface area (Å²) in [5.41, 5.74) is 9.98. The molecular formula is C20H27N7. The molecule has 1 aromatic carbocycles. The van der Waals surface area contributed by atoms with E-state index in [2.05, 4.69) is 40.5 Å². The van der Waals surface area contributed by atoms with Crippen LogP contribution < -0.4 is 5.73 Å². The van der Waals surface area contributed by atoms with Crippen LogP contribution in [-0.2, 0) is 19.6 Å². The summed E-state index contributed by atoms with van der Waals surface area (Å²) in [6, 6.07) is 10.3. The van der Waals surface area contributed by atoms with Crippen LogP contribution in [0.15, 0.2) is 42.7 Å². The van der Waals surface area contributed by atoms with Gasteiger partial charge in [0.1, 0.15) is 0 Å². The molecule has 7 nitrogen and oxygen atoms in total. The maximum Gasteiger partial charge on any atom is 0.0962 e. The number of rotatable bonds is 6. The fourth-order valence-electron chi connectivity index (χ4n) is 3.83. The van der Waals surface area contributed by atoms with Crippen LogP contribution in [0.25, 0.3) is 5.69 Å². The van der Waals surface area contributed by atoms with Crippen molar-refractivity contribution in [2.24, 2.45) is 11.7 Å². The molecule has 0 amide bonds. The van der Waals surface area contributed by atoms with Gasteiger partial charge in [0.25, 0.3) is 0 Å². The van der Waals surface area contributed by atoms with E-state index in [4.69, 9.17) is 10.8 Å². The van der Waals surface area contributed by atoms with E-state index >= 15 is 0 Å². The Kier molecular flexibility index (Phi) is 5.31. The van der Waals surface area contributed by atoms with Gasteiger partial charge in [-0.15, -0.1) is 5.10 Å². The Morgan fingerprint density at radius 1 is 1.19 bits per heavy atom. The van der Waals surface area contributed by atoms with Gasteiger partial charge < -0.3 is 5.73 Å². The fourth-order valence-corrected chi connectivity index (χ4v) is 3.83. The molecule has 1 saturated heterocycles. The van der Waals surface area contributed by atoms with E-state index in [0.717, 1.165) is 43.3 Å². The molecule has 0 saturated carbocycles. The summed E-state index contributed by atoms with van der Waals surface area (Å²) in [5.74, 6) is 0.593. The van der Waals surface area contributed by atoms with Crippen molar-refractivity contribution >= 4 is 0 Å². The third kappa shape index (κ3) is 4.26. The first-order chi connectivity index (χ1) is 13.2. The molecule has 1 aliphatic rings. The molecule has 3 heterocycles. The number of likely N-dealkylation sites (tertiary alicyclic amines) is 1. The highest BCUT2D eigenvalue weighted by Gasteiger charge is 2.22. The minimum atomic E-state index is 0.446. The second-order valence-electron chi connectivity index (χ2n) is 7.40. The van der Waals surface area contributed by atoms with E-state index in [-0.39, 0.29) is 0 Å². The molecule has 4 rings (SSSR count). The average Bonchev–Trinajstić information content (AvgIpc) is 3.29. The predicted molar refractivity (Wildman–Crippen MR) is 104 cm³/mol. The van der Waals surface area contributed by atoms with Crippen molar-refractivity contribution in [3.63, 3.8) is 0 Å². The van der Waals surface area contributed by atoms with Crippen LogP contribution >= 0.6 is 0 Å². The summed E-state index contributed by atoms with van der Waals surface area (Å²) in [5, 5.41) is 13.0. The topological polar surface area (TPSA) is 77.8 Å². The Hall–Kier alpha value is -2.51. The number of aryl methyl sites for hydroxylation is 1. The van der Waals surface area contributed by atoms with Crippen LogP contribution in [0.1, 0.15) is 29.8 Å². The largest absolute Gasteiger partial charge is 0.325 e. The van der Waals surface area contributed by atoms with E-state index in [1.54, 1.807) is 0 Å². The van der Waals surface area contributed by atoms with Gasteiger partial charge in [-0.1, -0.05) is 23.4 Å². The summed E-state index contributed by atoms with van der Waals surface area (Å²) in [4.78, 5) is 2.54. The predicted octanol–water partition coefficient (Wildman–Crippen LogP) is 2.14. The summed E-state index contributed by atoms with van der Waals surface area (Å²) < 4.78 is 3.92. The number of nitrogens with zero attached hydrogens (tertiary/aromatic N) is 6. The number of benzene rings is 1. The van der Waals surface area contributed by atoms with Crippen LogP contribution in [0.3, 0.4) is 0 Å². The minimum Gasteiger partial charge on any atom is -0.325 e. The quantitative estimate of drug-likeness (QED) is 0.724. The molecule has 7 heteroatoms. The van der Waals surface area contributed by atoms with Crippen LogP contribution in [0.5, 0.6) is 0 Å². The third-order valence-electron chi connectivity index (χ3n) is 5.26. The van der Waals surface area contributed by atoms with Gasteiger partial charge in [-0.3, -0.25) is 9.58 Å². The van der Waals surface area contributed by atoms with E-state index in [9.17, 15) is 0 Å². The lowest BCUT2D eigenvalue weighted by atomic mass is 9.97. The third-order valence-corrected chi connectivity index (χ3v) is 5.26. The number of hydrogen-bond acceptors (Lipinski definition) is 5. The zero-order valence-electron chi connectivity index (χ0n) is 15.8. The lowest BCUT2D eigenvalue weighted by molar-refractivity contribution is 0.152. The first-order valence-electron chi connectivity index (χ1n) is 9.63. The van der Waals surface area contributed by atoms with Gasteiger partial charge in [-0.2, -0.15) is 5.10 Å². The normalized spacial score (nSPS) is 18.1. The van der Waals surface area contributed by atoms with Gasteiger partial charge >= 0.3 is 0 Å². The Morgan fingerprint density at radius 2 is 2.04 bits per heavy atom. The van der Waals surface area contributed by atoms with Crippen molar-refractivity contribution in [3.05, 3.63) is 59.7 Å². The Labute approximate surface area is 159 Å². The number of aromatic nitrogens is 5. The highest BCUT2D eigenvalue weighted by atomic mass is 15.4. The van der Waals surface area contributed by atoms with Crippen molar-refractivity contribution in [2.75, 3.05) is 13.1 Å². The van der Waals surface area contributed by atoms with Crippen molar-refractivity contribution in [1.29, 1.82) is 0 Å². The van der Waals surface area contributed by atoms with Crippen molar-refractivity contribution in [1.82, 2.24) is 29.7 Å². The lowest BCUT2D eigenvalue weighted by Gasteiger charge is -2.32. The molecule has 1 aliphatic heterocycles. The maximum absolute atomic E-state index is 5.63. The Balaban J connectivity index is 1.40. The summed E-state index contributed by atoms with van der Waals surface area (Å²) in [6.45, 7) is 6.61. The molecule has 0 spiro atoms. The SMILES string of the molecule is Cc1nn(-c2ccccc2)cc1CN1CCCC(Cn2cc(CN)nn2)C1. The molecule has 2 N–H and O–H groups in total. The number of para-hydroxylation sites is 1. The second-order valence-corrected chi connectivity index (χ2v) is 7.40. The van der Waals surface area contributed by atoms with Crippen molar-refractivity contribution in [3.8, 4) is 5.69 Å². The van der Waals surface area contributed by atoms with Crippen LogP contribution in [0.2, 0.25) is 0 Å². The van der Waals surface area contributed by atoms with E-state index in [1.807, 2.05) is 33.8 Å². The average molecular weight is 365 g/mol. The standard InChI is InChI=1S/C20H27N7/c1-16-18(14-27(23-16)20-7-3-2-4-8-20)13-25-9-5-6-17(11-25)12-26-15-19(10-21)22-24-26/h2-4,7-8,14-15,17H,5-6,9-13,21H2,1H3. The number of piperidine rings is 1. The Morgan fingerprint density at radius 3 is 2.81 bits per heavy atom. The van der Waals surface area contributed by atoms with E-state index < -0.39 is 0 Å². The molecule has 1 unspecified atom stereocenters. The van der Waals surface area contributed by atoms with Gasteiger partial charge in [0.05, 0.1) is 17.1 Å². The van der Waals surface area contributed by atoms with E-state index in [1.165, 1.54) is 18.4 Å². The molecule has 2 aromatic heterocycles. The molecular weight excluding hydrogens is 338 g/mol. The molecule has 3 aromatic rings. The monoisotopic (exact) mass is 365 g/mol. The molecule has 1 atom stereocenters. The van der Waals surface area contributed by atoms with Crippen molar-refractivity contribution in [2.45, 2.75) is 39.4 Å². The first kappa shape index (κ1) is 17.9. The highest BCUT2D eigenvalue weighted by molar-refractivity contribution is 5.32.